The van der Waals surface area contributed by atoms with Crippen LogP contribution in [0.1, 0.15) is 33.6 Å². The highest BCUT2D eigenvalue weighted by atomic mass is 32.1. The summed E-state index contributed by atoms with van der Waals surface area (Å²) in [5, 5.41) is 21.2. The van der Waals surface area contributed by atoms with Gasteiger partial charge >= 0.3 is 0 Å². The van der Waals surface area contributed by atoms with E-state index in [-0.39, 0.29) is 12.5 Å². The summed E-state index contributed by atoms with van der Waals surface area (Å²) >= 11 is 1.52. The molecule has 1 amide bonds. The molecule has 0 saturated heterocycles. The number of aromatic nitrogens is 3. The number of benzene rings is 1. The van der Waals surface area contributed by atoms with Gasteiger partial charge in [-0.1, -0.05) is 5.21 Å². The van der Waals surface area contributed by atoms with E-state index in [0.717, 1.165) is 47.0 Å². The van der Waals surface area contributed by atoms with Crippen LogP contribution in [0.2, 0.25) is 0 Å². The quantitative estimate of drug-likeness (QED) is 0.786. The Bertz CT molecular complexity index is 1040. The molecule has 25 heavy (non-hydrogen) atoms. The largest absolute Gasteiger partial charge is 0.315 e. The number of amides is 1. The lowest BCUT2D eigenvalue weighted by Crippen LogP contribution is -2.19. The molecule has 0 saturated carbocycles. The van der Waals surface area contributed by atoms with E-state index in [1.165, 1.54) is 16.2 Å². The number of anilines is 1. The number of nitrogens with one attached hydrogen (secondary N) is 1. The van der Waals surface area contributed by atoms with Crippen molar-refractivity contribution >= 4 is 33.3 Å². The summed E-state index contributed by atoms with van der Waals surface area (Å²) in [6, 6.07) is 6.22. The van der Waals surface area contributed by atoms with Crippen LogP contribution in [-0.4, -0.2) is 20.9 Å². The van der Waals surface area contributed by atoms with Gasteiger partial charge in [0, 0.05) is 4.88 Å². The Labute approximate surface area is 149 Å². The van der Waals surface area contributed by atoms with Crippen LogP contribution < -0.4 is 5.32 Å². The molecule has 4 rings (SSSR count). The minimum Gasteiger partial charge on any atom is -0.315 e. The van der Waals surface area contributed by atoms with Crippen LogP contribution in [0, 0.1) is 25.2 Å². The lowest BCUT2D eigenvalue weighted by Gasteiger charge is -2.06. The van der Waals surface area contributed by atoms with Crippen LogP contribution in [0.3, 0.4) is 0 Å². The molecule has 0 aliphatic heterocycles. The highest BCUT2D eigenvalue weighted by Gasteiger charge is 2.23. The Morgan fingerprint density at radius 3 is 2.96 bits per heavy atom. The first-order chi connectivity index (χ1) is 12.1. The molecule has 0 fully saturated rings. The van der Waals surface area contributed by atoms with Crippen molar-refractivity contribution in [3.8, 4) is 6.07 Å². The fourth-order valence-corrected chi connectivity index (χ4v) is 4.51. The van der Waals surface area contributed by atoms with Crippen LogP contribution in [0.4, 0.5) is 5.00 Å². The van der Waals surface area contributed by atoms with Gasteiger partial charge in [-0.05, 0) is 61.9 Å². The summed E-state index contributed by atoms with van der Waals surface area (Å²) in [5.41, 5.74) is 5.64. The second-order valence-corrected chi connectivity index (χ2v) is 7.50. The van der Waals surface area contributed by atoms with Crippen molar-refractivity contribution < 1.29 is 4.79 Å². The second-order valence-electron chi connectivity index (χ2n) is 6.39. The average molecular weight is 351 g/mol. The Morgan fingerprint density at radius 2 is 2.16 bits per heavy atom. The maximum Gasteiger partial charge on any atom is 0.246 e. The number of aryl methyl sites for hydroxylation is 3. The minimum absolute atomic E-state index is 0.0758. The van der Waals surface area contributed by atoms with Crippen molar-refractivity contribution in [2.45, 2.75) is 39.7 Å². The van der Waals surface area contributed by atoms with Crippen LogP contribution >= 0.6 is 11.3 Å². The average Bonchev–Trinajstić information content (AvgIpc) is 3.24. The van der Waals surface area contributed by atoms with Crippen LogP contribution in [0.15, 0.2) is 12.1 Å². The Morgan fingerprint density at radius 1 is 1.36 bits per heavy atom. The lowest BCUT2D eigenvalue weighted by molar-refractivity contribution is -0.116. The van der Waals surface area contributed by atoms with Gasteiger partial charge in [-0.15, -0.1) is 16.4 Å². The summed E-state index contributed by atoms with van der Waals surface area (Å²) < 4.78 is 1.60. The maximum atomic E-state index is 12.5. The van der Waals surface area contributed by atoms with Gasteiger partial charge in [0.2, 0.25) is 5.91 Å². The van der Waals surface area contributed by atoms with Gasteiger partial charge < -0.3 is 5.32 Å². The number of carbonyl (C=O) groups excluding carboxylic acids is 1. The number of fused-ring (bicyclic) bond motifs is 2. The van der Waals surface area contributed by atoms with Gasteiger partial charge in [-0.3, -0.25) is 4.79 Å². The molecule has 2 aromatic heterocycles. The highest BCUT2D eigenvalue weighted by molar-refractivity contribution is 7.16. The third-order valence-corrected chi connectivity index (χ3v) is 5.92. The van der Waals surface area contributed by atoms with Crippen molar-refractivity contribution in [2.75, 3.05) is 5.32 Å². The Kier molecular flexibility index (Phi) is 3.77. The van der Waals surface area contributed by atoms with Crippen molar-refractivity contribution in [1.82, 2.24) is 15.0 Å². The van der Waals surface area contributed by atoms with E-state index in [9.17, 15) is 10.1 Å². The number of nitrogens with zero attached hydrogens (tertiary/aromatic N) is 4. The molecular formula is C18H17N5OS. The van der Waals surface area contributed by atoms with Crippen molar-refractivity contribution in [1.29, 1.82) is 5.26 Å². The van der Waals surface area contributed by atoms with E-state index < -0.39 is 0 Å². The highest BCUT2D eigenvalue weighted by Crippen LogP contribution is 2.38. The number of hydrogen-bond donors (Lipinski definition) is 1. The zero-order chi connectivity index (χ0) is 17.6. The molecule has 0 radical (unpaired) electrons. The third kappa shape index (κ3) is 2.68. The SMILES string of the molecule is Cc1cc2nnn(CC(=O)Nc3sc4c(c3C#N)CCC4)c2cc1C. The van der Waals surface area contributed by atoms with Crippen LogP contribution in [-0.2, 0) is 24.2 Å². The maximum absolute atomic E-state index is 12.5. The molecule has 6 nitrogen and oxygen atoms in total. The zero-order valence-corrected chi connectivity index (χ0v) is 14.9. The number of carbonyl (C=O) groups is 1. The molecule has 0 spiro atoms. The molecule has 0 unspecified atom stereocenters. The first-order valence-corrected chi connectivity index (χ1v) is 9.03. The number of rotatable bonds is 3. The monoisotopic (exact) mass is 351 g/mol. The molecule has 2 heterocycles. The summed E-state index contributed by atoms with van der Waals surface area (Å²) in [6.07, 6.45) is 3.02. The van der Waals surface area contributed by atoms with E-state index >= 15 is 0 Å². The van der Waals surface area contributed by atoms with E-state index in [1.807, 2.05) is 26.0 Å². The van der Waals surface area contributed by atoms with E-state index in [0.29, 0.717) is 10.6 Å². The number of nitriles is 1. The second kappa shape index (κ2) is 5.97. The molecule has 0 bridgehead atoms. The van der Waals surface area contributed by atoms with Gasteiger partial charge in [0.05, 0.1) is 11.1 Å². The topological polar surface area (TPSA) is 83.6 Å². The number of hydrogen-bond acceptors (Lipinski definition) is 5. The summed E-state index contributed by atoms with van der Waals surface area (Å²) in [6.45, 7) is 4.13. The van der Waals surface area contributed by atoms with Crippen molar-refractivity contribution in [2.24, 2.45) is 0 Å². The van der Waals surface area contributed by atoms with Gasteiger partial charge in [-0.25, -0.2) is 4.68 Å². The lowest BCUT2D eigenvalue weighted by atomic mass is 10.1. The fourth-order valence-electron chi connectivity index (χ4n) is 3.25. The molecule has 1 aromatic carbocycles. The summed E-state index contributed by atoms with van der Waals surface area (Å²) in [7, 11) is 0. The normalized spacial score (nSPS) is 13.0. The van der Waals surface area contributed by atoms with Gasteiger partial charge in [0.1, 0.15) is 23.1 Å². The summed E-state index contributed by atoms with van der Waals surface area (Å²) in [5.74, 6) is -0.193. The molecule has 0 atom stereocenters. The first kappa shape index (κ1) is 15.8. The Hall–Kier alpha value is -2.72. The van der Waals surface area contributed by atoms with Gasteiger partial charge in [0.25, 0.3) is 0 Å². The predicted molar refractivity (Wildman–Crippen MR) is 96.7 cm³/mol. The molecule has 1 aliphatic rings. The smallest absolute Gasteiger partial charge is 0.246 e. The predicted octanol–water partition coefficient (Wildman–Crippen LogP) is 3.11. The zero-order valence-electron chi connectivity index (χ0n) is 14.1. The van der Waals surface area contributed by atoms with E-state index in [4.69, 9.17) is 0 Å². The Balaban J connectivity index is 1.58. The van der Waals surface area contributed by atoms with Crippen molar-refractivity contribution in [3.05, 3.63) is 39.3 Å². The third-order valence-electron chi connectivity index (χ3n) is 4.71. The molecular weight excluding hydrogens is 334 g/mol. The molecule has 1 N–H and O–H groups in total. The van der Waals surface area contributed by atoms with Crippen molar-refractivity contribution in [3.63, 3.8) is 0 Å². The van der Waals surface area contributed by atoms with E-state index in [2.05, 4.69) is 21.7 Å². The first-order valence-electron chi connectivity index (χ1n) is 8.21. The summed E-state index contributed by atoms with van der Waals surface area (Å²) in [4.78, 5) is 13.7. The fraction of sp³-hybridized carbons (Fsp3) is 0.333. The molecule has 7 heteroatoms. The van der Waals surface area contributed by atoms with E-state index in [1.54, 1.807) is 4.68 Å². The van der Waals surface area contributed by atoms with Crippen LogP contribution in [0.5, 0.6) is 0 Å². The van der Waals surface area contributed by atoms with Gasteiger partial charge in [0.15, 0.2) is 0 Å². The van der Waals surface area contributed by atoms with Crippen LogP contribution in [0.25, 0.3) is 11.0 Å². The number of thiophene rings is 1. The molecule has 3 aromatic rings. The minimum atomic E-state index is -0.193. The standard InChI is InChI=1S/C18H17N5OS/c1-10-6-14-15(7-11(10)2)23(22-21-14)9-17(24)20-18-13(8-19)12-4-3-5-16(12)25-18/h6-7H,3-5,9H2,1-2H3,(H,20,24). The molecule has 126 valence electrons. The molecule has 1 aliphatic carbocycles. The van der Waals surface area contributed by atoms with Gasteiger partial charge in [-0.2, -0.15) is 5.26 Å².